The van der Waals surface area contributed by atoms with Gasteiger partial charge in [-0.25, -0.2) is 0 Å². The van der Waals surface area contributed by atoms with Gasteiger partial charge in [-0.2, -0.15) is 0 Å². The molecule has 2 atom stereocenters. The number of esters is 1. The standard InChI is InChI=1S/C43H48O10/c1-42(2,29-5-13-33(14-6-29)47-23-37-25-51-37)31-9-17-35(18-10-31)49-27-39(53-41(46)22-21-40(44)45)28-50-36-19-11-32(12-20-36)43(3,4)30-7-15-34(16-8-30)48-24-38-26-52-38/h5-20,37-39H,21-28H2,1-4H3,(H,44,45). The van der Waals surface area contributed by atoms with Crippen molar-refractivity contribution in [2.24, 2.45) is 0 Å². The van der Waals surface area contributed by atoms with E-state index in [0.717, 1.165) is 47.0 Å². The Morgan fingerprint density at radius 3 is 1.21 bits per heavy atom. The fourth-order valence-corrected chi connectivity index (χ4v) is 5.86. The summed E-state index contributed by atoms with van der Waals surface area (Å²) in [6.07, 6.45) is -0.929. The number of benzene rings is 4. The number of hydrogen-bond acceptors (Lipinski definition) is 9. The molecule has 0 radical (unpaired) electrons. The lowest BCUT2D eigenvalue weighted by Gasteiger charge is -2.27. The Labute approximate surface area is 310 Å². The van der Waals surface area contributed by atoms with Gasteiger partial charge in [0.05, 0.1) is 26.1 Å². The van der Waals surface area contributed by atoms with Crippen LogP contribution < -0.4 is 18.9 Å². The highest BCUT2D eigenvalue weighted by Gasteiger charge is 2.27. The van der Waals surface area contributed by atoms with Crippen LogP contribution in [0.5, 0.6) is 23.0 Å². The number of epoxide rings is 2. The summed E-state index contributed by atoms with van der Waals surface area (Å²) in [7, 11) is 0. The van der Waals surface area contributed by atoms with E-state index in [1.165, 1.54) is 0 Å². The highest BCUT2D eigenvalue weighted by Crippen LogP contribution is 2.35. The van der Waals surface area contributed by atoms with Gasteiger partial charge in [0.25, 0.3) is 0 Å². The van der Waals surface area contributed by atoms with Crippen molar-refractivity contribution in [2.75, 3.05) is 39.6 Å². The Morgan fingerprint density at radius 1 is 0.585 bits per heavy atom. The molecule has 4 aromatic carbocycles. The summed E-state index contributed by atoms with van der Waals surface area (Å²) < 4.78 is 39.8. The molecule has 10 nitrogen and oxygen atoms in total. The topological polar surface area (TPSA) is 126 Å². The second kappa shape index (κ2) is 16.7. The van der Waals surface area contributed by atoms with E-state index in [0.29, 0.717) is 24.7 Å². The van der Waals surface area contributed by atoms with Gasteiger partial charge in [0.2, 0.25) is 0 Å². The van der Waals surface area contributed by atoms with Crippen LogP contribution in [0.3, 0.4) is 0 Å². The molecule has 0 aliphatic carbocycles. The fraction of sp³-hybridized carbons (Fsp3) is 0.395. The molecule has 2 saturated heterocycles. The molecule has 0 aromatic heterocycles. The van der Waals surface area contributed by atoms with Crippen LogP contribution >= 0.6 is 0 Å². The molecular weight excluding hydrogens is 676 g/mol. The van der Waals surface area contributed by atoms with Gasteiger partial charge < -0.3 is 38.3 Å². The highest BCUT2D eigenvalue weighted by molar-refractivity contribution is 5.76. The summed E-state index contributed by atoms with van der Waals surface area (Å²) >= 11 is 0. The maximum absolute atomic E-state index is 12.5. The minimum atomic E-state index is -1.07. The summed E-state index contributed by atoms with van der Waals surface area (Å²) in [6, 6.07) is 31.9. The molecule has 0 amide bonds. The van der Waals surface area contributed by atoms with E-state index >= 15 is 0 Å². The Bertz CT molecular complexity index is 1670. The fourth-order valence-electron chi connectivity index (χ4n) is 5.86. The maximum Gasteiger partial charge on any atom is 0.306 e. The second-order valence-electron chi connectivity index (χ2n) is 14.5. The van der Waals surface area contributed by atoms with Gasteiger partial charge in [-0.05, 0) is 70.8 Å². The van der Waals surface area contributed by atoms with E-state index in [1.807, 2.05) is 72.8 Å². The molecule has 2 aliphatic rings. The molecule has 0 saturated carbocycles. The number of carbonyl (C=O) groups is 2. The number of aliphatic carboxylic acids is 1. The summed E-state index contributed by atoms with van der Waals surface area (Å²) in [5, 5.41) is 9.04. The van der Waals surface area contributed by atoms with Crippen molar-refractivity contribution >= 4 is 11.9 Å². The number of carboxylic acids is 1. The lowest BCUT2D eigenvalue weighted by Crippen LogP contribution is -2.31. The third kappa shape index (κ3) is 10.7. The zero-order valence-electron chi connectivity index (χ0n) is 30.7. The van der Waals surface area contributed by atoms with Crippen molar-refractivity contribution < 1.29 is 47.9 Å². The lowest BCUT2D eigenvalue weighted by molar-refractivity contribution is -0.154. The van der Waals surface area contributed by atoms with Crippen LogP contribution in [-0.4, -0.2) is 75.0 Å². The largest absolute Gasteiger partial charge is 0.491 e. The molecule has 0 bridgehead atoms. The molecule has 1 N–H and O–H groups in total. The molecule has 0 spiro atoms. The summed E-state index contributed by atoms with van der Waals surface area (Å²) in [6.45, 7) is 11.3. The smallest absolute Gasteiger partial charge is 0.306 e. The van der Waals surface area contributed by atoms with Crippen LogP contribution in [0.1, 0.15) is 62.8 Å². The van der Waals surface area contributed by atoms with Crippen molar-refractivity contribution in [1.29, 1.82) is 0 Å². The third-order valence-electron chi connectivity index (χ3n) is 9.69. The first kappa shape index (κ1) is 37.7. The van der Waals surface area contributed by atoms with Gasteiger partial charge in [0, 0.05) is 10.8 Å². The number of carboxylic acid groups (broad SMARTS) is 1. The van der Waals surface area contributed by atoms with Crippen molar-refractivity contribution in [3.63, 3.8) is 0 Å². The molecule has 4 aromatic rings. The van der Waals surface area contributed by atoms with Crippen LogP contribution in [-0.2, 0) is 34.6 Å². The van der Waals surface area contributed by atoms with Gasteiger partial charge in [0.15, 0.2) is 6.10 Å². The number of carbonyl (C=O) groups excluding carboxylic acids is 1. The van der Waals surface area contributed by atoms with Crippen molar-refractivity contribution in [3.8, 4) is 23.0 Å². The first-order valence-corrected chi connectivity index (χ1v) is 18.0. The Morgan fingerprint density at radius 2 is 0.906 bits per heavy atom. The van der Waals surface area contributed by atoms with Crippen LogP contribution in [0.2, 0.25) is 0 Å². The van der Waals surface area contributed by atoms with E-state index in [2.05, 4.69) is 52.0 Å². The maximum atomic E-state index is 12.5. The zero-order chi connectivity index (χ0) is 37.4. The average Bonchev–Trinajstić information content (AvgIpc) is 4.11. The average molecular weight is 725 g/mol. The SMILES string of the molecule is CC(C)(c1ccc(OCC2CO2)cc1)c1ccc(OCC(COc2ccc(C(C)(C)c3ccc(OCC4CO4)cc3)cc2)OC(=O)CCC(=O)O)cc1. The zero-order valence-corrected chi connectivity index (χ0v) is 30.7. The Balaban J connectivity index is 1.04. The van der Waals surface area contributed by atoms with Crippen LogP contribution in [0.15, 0.2) is 97.1 Å². The van der Waals surface area contributed by atoms with Crippen molar-refractivity contribution in [1.82, 2.24) is 0 Å². The predicted molar refractivity (Wildman–Crippen MR) is 198 cm³/mol. The molecule has 2 fully saturated rings. The normalized spacial score (nSPS) is 17.0. The molecule has 2 aliphatic heterocycles. The lowest BCUT2D eigenvalue weighted by atomic mass is 9.78. The number of hydrogen-bond donors (Lipinski definition) is 1. The minimum Gasteiger partial charge on any atom is -0.491 e. The van der Waals surface area contributed by atoms with E-state index in [4.69, 9.17) is 38.3 Å². The Hall–Kier alpha value is -5.06. The van der Waals surface area contributed by atoms with Gasteiger partial charge in [-0.3, -0.25) is 9.59 Å². The van der Waals surface area contributed by atoms with Crippen molar-refractivity contribution in [2.45, 2.75) is 69.7 Å². The summed E-state index contributed by atoms with van der Waals surface area (Å²) in [5.41, 5.74) is 3.93. The van der Waals surface area contributed by atoms with Gasteiger partial charge in [0.1, 0.15) is 61.6 Å². The third-order valence-corrected chi connectivity index (χ3v) is 9.69. The van der Waals surface area contributed by atoms with Crippen LogP contribution in [0.4, 0.5) is 0 Å². The van der Waals surface area contributed by atoms with E-state index in [-0.39, 0.29) is 49.1 Å². The van der Waals surface area contributed by atoms with E-state index in [9.17, 15) is 9.59 Å². The molecule has 2 unspecified atom stereocenters. The summed E-state index contributed by atoms with van der Waals surface area (Å²) in [4.78, 5) is 23.6. The predicted octanol–water partition coefficient (Wildman–Crippen LogP) is 7.13. The molecule has 6 rings (SSSR count). The van der Waals surface area contributed by atoms with E-state index < -0.39 is 18.0 Å². The van der Waals surface area contributed by atoms with Gasteiger partial charge >= 0.3 is 11.9 Å². The number of rotatable bonds is 20. The van der Waals surface area contributed by atoms with E-state index in [1.54, 1.807) is 0 Å². The monoisotopic (exact) mass is 724 g/mol. The second-order valence-corrected chi connectivity index (χ2v) is 14.5. The molecule has 10 heteroatoms. The van der Waals surface area contributed by atoms with Crippen molar-refractivity contribution in [3.05, 3.63) is 119 Å². The number of ether oxygens (including phenoxy) is 7. The first-order valence-electron chi connectivity index (χ1n) is 18.0. The van der Waals surface area contributed by atoms with Gasteiger partial charge in [-0.15, -0.1) is 0 Å². The van der Waals surface area contributed by atoms with Gasteiger partial charge in [-0.1, -0.05) is 76.2 Å². The minimum absolute atomic E-state index is 0.0212. The molecule has 53 heavy (non-hydrogen) atoms. The molecule has 280 valence electrons. The van der Waals surface area contributed by atoms with Crippen LogP contribution in [0.25, 0.3) is 0 Å². The Kier molecular flexibility index (Phi) is 11.9. The quantitative estimate of drug-likeness (QED) is 0.0744. The molecule has 2 heterocycles. The molecular formula is C43H48O10. The highest BCUT2D eigenvalue weighted by atomic mass is 16.6. The summed E-state index contributed by atoms with van der Waals surface area (Å²) in [5.74, 6) is 1.13. The van der Waals surface area contributed by atoms with Crippen LogP contribution in [0, 0.1) is 0 Å². The first-order chi connectivity index (χ1) is 25.5.